The first-order chi connectivity index (χ1) is 9.63. The minimum Gasteiger partial charge on any atom is -0.339 e. The van der Waals surface area contributed by atoms with Gasteiger partial charge in [0.2, 0.25) is 5.91 Å². The molecule has 1 saturated heterocycles. The van der Waals surface area contributed by atoms with E-state index >= 15 is 0 Å². The van der Waals surface area contributed by atoms with E-state index in [4.69, 9.17) is 0 Å². The fraction of sp³-hybridized carbons (Fsp3) is 0.400. The van der Waals surface area contributed by atoms with Crippen molar-refractivity contribution in [3.8, 4) is 0 Å². The average molecular weight is 275 g/mol. The molecular weight excluding hydrogens is 257 g/mol. The molecule has 2 aromatic rings. The molecule has 1 aliphatic rings. The number of carbonyl (C=O) groups excluding carboxylic acids is 1. The van der Waals surface area contributed by atoms with Crippen LogP contribution in [-0.4, -0.2) is 53.5 Å². The van der Waals surface area contributed by atoms with Gasteiger partial charge in [-0.3, -0.25) is 4.79 Å². The molecule has 1 aromatic heterocycles. The van der Waals surface area contributed by atoms with Gasteiger partial charge in [-0.15, -0.1) is 0 Å². The molecule has 1 aliphatic heterocycles. The number of likely N-dealkylation sites (N-methyl/N-ethyl adjacent to an activating group) is 1. The predicted molar refractivity (Wildman–Crippen MR) is 76.0 cm³/mol. The molecule has 0 saturated carbocycles. The van der Waals surface area contributed by atoms with Crippen LogP contribution in [0.2, 0.25) is 0 Å². The molecule has 0 bridgehead atoms. The fourth-order valence-corrected chi connectivity index (χ4v) is 2.61. The molecule has 0 N–H and O–H groups in total. The van der Waals surface area contributed by atoms with Crippen molar-refractivity contribution in [3.05, 3.63) is 36.3 Å². The summed E-state index contributed by atoms with van der Waals surface area (Å²) in [5, 5.41) is 0.830. The van der Waals surface area contributed by atoms with Crippen molar-refractivity contribution in [2.24, 2.45) is 0 Å². The molecule has 1 aromatic carbocycles. The van der Waals surface area contributed by atoms with Crippen molar-refractivity contribution in [1.29, 1.82) is 0 Å². The highest BCUT2D eigenvalue weighted by molar-refractivity contribution is 5.83. The van der Waals surface area contributed by atoms with Crippen LogP contribution in [0, 0.1) is 5.82 Å². The molecule has 0 radical (unpaired) electrons. The summed E-state index contributed by atoms with van der Waals surface area (Å²) in [6.07, 6.45) is 1.85. The molecule has 3 rings (SSSR count). The van der Waals surface area contributed by atoms with E-state index in [1.54, 1.807) is 6.07 Å². The third-order valence-corrected chi connectivity index (χ3v) is 3.89. The second-order valence-corrected chi connectivity index (χ2v) is 5.33. The molecule has 2 heterocycles. The topological polar surface area (TPSA) is 28.5 Å². The lowest BCUT2D eigenvalue weighted by molar-refractivity contribution is -0.133. The number of rotatable bonds is 2. The van der Waals surface area contributed by atoms with Crippen LogP contribution in [0.5, 0.6) is 0 Å². The molecular formula is C15H18FN3O. The predicted octanol–water partition coefficient (Wildman–Crippen LogP) is 1.55. The van der Waals surface area contributed by atoms with E-state index in [1.807, 2.05) is 21.7 Å². The average Bonchev–Trinajstić information content (AvgIpc) is 2.81. The number of halogens is 1. The first-order valence-corrected chi connectivity index (χ1v) is 6.84. The van der Waals surface area contributed by atoms with Crippen LogP contribution in [0.3, 0.4) is 0 Å². The van der Waals surface area contributed by atoms with Crippen LogP contribution in [0.4, 0.5) is 4.39 Å². The Morgan fingerprint density at radius 3 is 2.70 bits per heavy atom. The first kappa shape index (κ1) is 13.1. The molecule has 0 spiro atoms. The Kier molecular flexibility index (Phi) is 3.44. The van der Waals surface area contributed by atoms with Gasteiger partial charge < -0.3 is 14.4 Å². The smallest absolute Gasteiger partial charge is 0.242 e. The third kappa shape index (κ3) is 2.54. The highest BCUT2D eigenvalue weighted by Gasteiger charge is 2.19. The number of aromatic nitrogens is 1. The fourth-order valence-electron chi connectivity index (χ4n) is 2.61. The summed E-state index contributed by atoms with van der Waals surface area (Å²) in [5.74, 6) is -0.124. The summed E-state index contributed by atoms with van der Waals surface area (Å²) < 4.78 is 15.0. The Hall–Kier alpha value is -1.88. The van der Waals surface area contributed by atoms with E-state index in [2.05, 4.69) is 11.9 Å². The molecule has 20 heavy (non-hydrogen) atoms. The lowest BCUT2D eigenvalue weighted by Gasteiger charge is -2.32. The van der Waals surface area contributed by atoms with Gasteiger partial charge in [-0.1, -0.05) is 0 Å². The second-order valence-electron chi connectivity index (χ2n) is 5.33. The van der Waals surface area contributed by atoms with E-state index in [0.29, 0.717) is 6.54 Å². The largest absolute Gasteiger partial charge is 0.339 e. The number of amides is 1. The summed E-state index contributed by atoms with van der Waals surface area (Å²) in [4.78, 5) is 16.4. The van der Waals surface area contributed by atoms with E-state index < -0.39 is 0 Å². The van der Waals surface area contributed by atoms with Gasteiger partial charge in [-0.2, -0.15) is 0 Å². The number of nitrogens with zero attached hydrogens (tertiary/aromatic N) is 3. The van der Waals surface area contributed by atoms with Gasteiger partial charge in [0.25, 0.3) is 0 Å². The Balaban J connectivity index is 1.74. The Labute approximate surface area is 117 Å². The molecule has 0 unspecified atom stereocenters. The Morgan fingerprint density at radius 2 is 1.95 bits per heavy atom. The Bertz CT molecular complexity index is 629. The standard InChI is InChI=1S/C15H18FN3O/c1-17-6-8-18(9-7-17)15(20)11-19-5-4-12-10-13(16)2-3-14(12)19/h2-5,10H,6-9,11H2,1H3. The number of benzene rings is 1. The third-order valence-electron chi connectivity index (χ3n) is 3.89. The highest BCUT2D eigenvalue weighted by atomic mass is 19.1. The molecule has 0 aliphatic carbocycles. The molecule has 5 heteroatoms. The van der Waals surface area contributed by atoms with Gasteiger partial charge in [-0.05, 0) is 31.3 Å². The number of piperazine rings is 1. The molecule has 0 atom stereocenters. The van der Waals surface area contributed by atoms with Crippen LogP contribution in [-0.2, 0) is 11.3 Å². The summed E-state index contributed by atoms with van der Waals surface area (Å²) in [6.45, 7) is 3.72. The SMILES string of the molecule is CN1CCN(C(=O)Cn2ccc3cc(F)ccc32)CC1. The minimum atomic E-state index is -0.249. The first-order valence-electron chi connectivity index (χ1n) is 6.84. The zero-order valence-corrected chi connectivity index (χ0v) is 11.6. The molecule has 4 nitrogen and oxygen atoms in total. The molecule has 1 amide bonds. The van der Waals surface area contributed by atoms with Crippen molar-refractivity contribution in [3.63, 3.8) is 0 Å². The van der Waals surface area contributed by atoms with E-state index in [-0.39, 0.29) is 11.7 Å². The van der Waals surface area contributed by atoms with Crippen molar-refractivity contribution >= 4 is 16.8 Å². The van der Waals surface area contributed by atoms with Gasteiger partial charge in [0.05, 0.1) is 0 Å². The van der Waals surface area contributed by atoms with Crippen LogP contribution in [0.25, 0.3) is 10.9 Å². The van der Waals surface area contributed by atoms with Crippen LogP contribution < -0.4 is 0 Å². The normalized spacial score (nSPS) is 16.8. The number of fused-ring (bicyclic) bond motifs is 1. The number of hydrogen-bond donors (Lipinski definition) is 0. The zero-order chi connectivity index (χ0) is 14.1. The highest BCUT2D eigenvalue weighted by Crippen LogP contribution is 2.17. The minimum absolute atomic E-state index is 0.125. The van der Waals surface area contributed by atoms with Gasteiger partial charge in [0.15, 0.2) is 0 Å². The number of hydrogen-bond acceptors (Lipinski definition) is 2. The summed E-state index contributed by atoms with van der Waals surface area (Å²) in [6, 6.07) is 6.49. The molecule has 1 fully saturated rings. The quantitative estimate of drug-likeness (QED) is 0.832. The lowest BCUT2D eigenvalue weighted by atomic mass is 10.2. The van der Waals surface area contributed by atoms with Crippen molar-refractivity contribution in [2.45, 2.75) is 6.54 Å². The summed E-state index contributed by atoms with van der Waals surface area (Å²) in [7, 11) is 2.07. The lowest BCUT2D eigenvalue weighted by Crippen LogP contribution is -2.48. The van der Waals surface area contributed by atoms with Gasteiger partial charge in [-0.25, -0.2) is 4.39 Å². The van der Waals surface area contributed by atoms with Crippen LogP contribution in [0.15, 0.2) is 30.5 Å². The van der Waals surface area contributed by atoms with E-state index in [0.717, 1.165) is 37.1 Å². The summed E-state index contributed by atoms with van der Waals surface area (Å²) in [5.41, 5.74) is 0.897. The van der Waals surface area contributed by atoms with Crippen molar-refractivity contribution in [1.82, 2.24) is 14.4 Å². The van der Waals surface area contributed by atoms with E-state index in [9.17, 15) is 9.18 Å². The number of carbonyl (C=O) groups is 1. The van der Waals surface area contributed by atoms with Gasteiger partial charge >= 0.3 is 0 Å². The maximum absolute atomic E-state index is 13.1. The Morgan fingerprint density at radius 1 is 1.20 bits per heavy atom. The maximum atomic E-state index is 13.1. The summed E-state index contributed by atoms with van der Waals surface area (Å²) >= 11 is 0. The van der Waals surface area contributed by atoms with Crippen molar-refractivity contribution < 1.29 is 9.18 Å². The van der Waals surface area contributed by atoms with Gasteiger partial charge in [0, 0.05) is 43.3 Å². The van der Waals surface area contributed by atoms with Crippen molar-refractivity contribution in [2.75, 3.05) is 33.2 Å². The zero-order valence-electron chi connectivity index (χ0n) is 11.6. The van der Waals surface area contributed by atoms with E-state index in [1.165, 1.54) is 12.1 Å². The second kappa shape index (κ2) is 5.25. The maximum Gasteiger partial charge on any atom is 0.242 e. The van der Waals surface area contributed by atoms with Gasteiger partial charge in [0.1, 0.15) is 12.4 Å². The molecule has 106 valence electrons. The van der Waals surface area contributed by atoms with Crippen LogP contribution >= 0.6 is 0 Å². The van der Waals surface area contributed by atoms with Crippen LogP contribution in [0.1, 0.15) is 0 Å². The monoisotopic (exact) mass is 275 g/mol.